The first-order chi connectivity index (χ1) is 12.7. The second kappa shape index (κ2) is 8.17. The lowest BCUT2D eigenvalue weighted by molar-refractivity contribution is -0.117. The Morgan fingerprint density at radius 3 is 2.65 bits per heavy atom. The molecular formula is C22H21N3O. The minimum absolute atomic E-state index is 0.103. The molecule has 1 amide bonds. The van der Waals surface area contributed by atoms with Crippen LogP contribution in [0.3, 0.4) is 0 Å². The number of carbonyl (C=O) groups is 1. The van der Waals surface area contributed by atoms with Crippen LogP contribution in [0.4, 0.5) is 0 Å². The lowest BCUT2D eigenvalue weighted by atomic mass is 10.0. The van der Waals surface area contributed by atoms with Gasteiger partial charge in [0.15, 0.2) is 0 Å². The number of hydrogen-bond acceptors (Lipinski definition) is 2. The molecule has 4 heteroatoms. The standard InChI is InChI=1S/C22H21N3O/c1-2-8-20(16-9-4-3-5-10-16)25-22(26)17(14-23)13-18-15-24-21-12-7-6-11-19(18)21/h3-7,9-13,15,20,24H,2,8H2,1H3,(H,25,26)/b17-13+/t20-/m0/s1. The van der Waals surface area contributed by atoms with Crippen LogP contribution in [0.1, 0.15) is 36.9 Å². The van der Waals surface area contributed by atoms with Crippen LogP contribution in [0.25, 0.3) is 17.0 Å². The molecule has 130 valence electrons. The second-order valence-electron chi connectivity index (χ2n) is 6.18. The summed E-state index contributed by atoms with van der Waals surface area (Å²) in [5.41, 5.74) is 2.96. The first-order valence-corrected chi connectivity index (χ1v) is 8.76. The van der Waals surface area contributed by atoms with Crippen molar-refractivity contribution in [2.75, 3.05) is 0 Å². The van der Waals surface area contributed by atoms with Crippen molar-refractivity contribution in [2.24, 2.45) is 0 Å². The predicted octanol–water partition coefficient (Wildman–Crippen LogP) is 4.73. The van der Waals surface area contributed by atoms with Crippen LogP contribution in [0.5, 0.6) is 0 Å². The highest BCUT2D eigenvalue weighted by Gasteiger charge is 2.17. The molecule has 1 aromatic heterocycles. The fraction of sp³-hybridized carbons (Fsp3) is 0.182. The third kappa shape index (κ3) is 3.84. The van der Waals surface area contributed by atoms with E-state index in [4.69, 9.17) is 0 Å². The molecule has 1 atom stereocenters. The SMILES string of the molecule is CCC[C@H](NC(=O)/C(C#N)=C/c1c[nH]c2ccccc12)c1ccccc1. The Balaban J connectivity index is 1.85. The highest BCUT2D eigenvalue weighted by atomic mass is 16.1. The summed E-state index contributed by atoms with van der Waals surface area (Å²) in [5, 5.41) is 13.5. The van der Waals surface area contributed by atoms with Gasteiger partial charge in [0.25, 0.3) is 5.91 Å². The summed E-state index contributed by atoms with van der Waals surface area (Å²) in [7, 11) is 0. The van der Waals surface area contributed by atoms with Gasteiger partial charge in [0.1, 0.15) is 11.6 Å². The molecule has 2 N–H and O–H groups in total. The van der Waals surface area contributed by atoms with Crippen molar-refractivity contribution in [3.8, 4) is 6.07 Å². The lowest BCUT2D eigenvalue weighted by Gasteiger charge is -2.18. The van der Waals surface area contributed by atoms with Crippen LogP contribution in [0, 0.1) is 11.3 Å². The van der Waals surface area contributed by atoms with Gasteiger partial charge in [-0.05, 0) is 24.1 Å². The summed E-state index contributed by atoms with van der Waals surface area (Å²) in [6.07, 6.45) is 5.22. The number of aromatic amines is 1. The minimum Gasteiger partial charge on any atom is -0.361 e. The van der Waals surface area contributed by atoms with Gasteiger partial charge >= 0.3 is 0 Å². The normalized spacial score (nSPS) is 12.5. The van der Waals surface area contributed by atoms with Gasteiger partial charge in [-0.2, -0.15) is 5.26 Å². The van der Waals surface area contributed by atoms with Gasteiger partial charge in [0, 0.05) is 22.7 Å². The summed E-state index contributed by atoms with van der Waals surface area (Å²) in [5.74, 6) is -0.347. The summed E-state index contributed by atoms with van der Waals surface area (Å²) < 4.78 is 0. The molecule has 4 nitrogen and oxygen atoms in total. The van der Waals surface area contributed by atoms with E-state index in [0.717, 1.165) is 34.9 Å². The van der Waals surface area contributed by atoms with Crippen LogP contribution in [-0.4, -0.2) is 10.9 Å². The Morgan fingerprint density at radius 1 is 1.19 bits per heavy atom. The van der Waals surface area contributed by atoms with Crippen molar-refractivity contribution < 1.29 is 4.79 Å². The number of rotatable bonds is 6. The third-order valence-electron chi connectivity index (χ3n) is 4.37. The van der Waals surface area contributed by atoms with Gasteiger partial charge in [0.05, 0.1) is 6.04 Å². The van der Waals surface area contributed by atoms with E-state index in [1.807, 2.05) is 66.9 Å². The van der Waals surface area contributed by atoms with Gasteiger partial charge < -0.3 is 10.3 Å². The van der Waals surface area contributed by atoms with E-state index in [9.17, 15) is 10.1 Å². The Hall–Kier alpha value is -3.32. The highest BCUT2D eigenvalue weighted by molar-refractivity contribution is 6.04. The van der Waals surface area contributed by atoms with Crippen molar-refractivity contribution >= 4 is 22.9 Å². The molecule has 0 aliphatic rings. The van der Waals surface area contributed by atoms with E-state index in [1.54, 1.807) is 6.08 Å². The maximum atomic E-state index is 12.7. The maximum Gasteiger partial charge on any atom is 0.262 e. The number of nitriles is 1. The van der Waals surface area contributed by atoms with E-state index in [2.05, 4.69) is 17.2 Å². The van der Waals surface area contributed by atoms with Crippen molar-refractivity contribution in [3.63, 3.8) is 0 Å². The molecule has 0 fully saturated rings. The zero-order valence-electron chi connectivity index (χ0n) is 14.7. The molecule has 0 spiro atoms. The second-order valence-corrected chi connectivity index (χ2v) is 6.18. The fourth-order valence-corrected chi connectivity index (χ4v) is 3.05. The summed E-state index contributed by atoms with van der Waals surface area (Å²) in [4.78, 5) is 15.8. The van der Waals surface area contributed by atoms with E-state index < -0.39 is 0 Å². The number of aromatic nitrogens is 1. The van der Waals surface area contributed by atoms with Crippen molar-refractivity contribution in [2.45, 2.75) is 25.8 Å². The molecule has 3 rings (SSSR count). The summed E-state index contributed by atoms with van der Waals surface area (Å²) in [6, 6.07) is 19.6. The van der Waals surface area contributed by atoms with Gasteiger partial charge in [-0.25, -0.2) is 0 Å². The lowest BCUT2D eigenvalue weighted by Crippen LogP contribution is -2.29. The average molecular weight is 343 g/mol. The number of H-pyrrole nitrogens is 1. The molecule has 3 aromatic rings. The van der Waals surface area contributed by atoms with Gasteiger partial charge in [0.2, 0.25) is 0 Å². The number of carbonyl (C=O) groups excluding carboxylic acids is 1. The Kier molecular flexibility index (Phi) is 5.50. The molecule has 0 aliphatic carbocycles. The van der Waals surface area contributed by atoms with Gasteiger partial charge in [-0.3, -0.25) is 4.79 Å². The number of nitrogens with zero attached hydrogens (tertiary/aromatic N) is 1. The Bertz CT molecular complexity index is 964. The van der Waals surface area contributed by atoms with Crippen molar-refractivity contribution in [1.82, 2.24) is 10.3 Å². The molecular weight excluding hydrogens is 322 g/mol. The number of benzene rings is 2. The van der Waals surface area contributed by atoms with Crippen LogP contribution >= 0.6 is 0 Å². The first-order valence-electron chi connectivity index (χ1n) is 8.76. The topological polar surface area (TPSA) is 68.7 Å². The van der Waals surface area contributed by atoms with Crippen LogP contribution in [0.15, 0.2) is 66.4 Å². The molecule has 2 aromatic carbocycles. The molecule has 0 saturated heterocycles. The maximum absolute atomic E-state index is 12.7. The average Bonchev–Trinajstić information content (AvgIpc) is 3.09. The molecule has 1 heterocycles. The Morgan fingerprint density at radius 2 is 1.92 bits per heavy atom. The number of fused-ring (bicyclic) bond motifs is 1. The van der Waals surface area contributed by atoms with Gasteiger partial charge in [-0.15, -0.1) is 0 Å². The van der Waals surface area contributed by atoms with Crippen molar-refractivity contribution in [3.05, 3.63) is 77.5 Å². The Labute approximate surface area is 153 Å². The fourth-order valence-electron chi connectivity index (χ4n) is 3.05. The molecule has 26 heavy (non-hydrogen) atoms. The predicted molar refractivity (Wildman–Crippen MR) is 104 cm³/mol. The smallest absolute Gasteiger partial charge is 0.262 e. The summed E-state index contributed by atoms with van der Waals surface area (Å²) >= 11 is 0. The number of para-hydroxylation sites is 1. The van der Waals surface area contributed by atoms with E-state index in [1.165, 1.54) is 0 Å². The first kappa shape index (κ1) is 17.5. The van der Waals surface area contributed by atoms with Gasteiger partial charge in [-0.1, -0.05) is 61.9 Å². The zero-order chi connectivity index (χ0) is 18.4. The van der Waals surface area contributed by atoms with E-state index >= 15 is 0 Å². The van der Waals surface area contributed by atoms with E-state index in [0.29, 0.717) is 0 Å². The number of amides is 1. The molecule has 0 bridgehead atoms. The van der Waals surface area contributed by atoms with Crippen molar-refractivity contribution in [1.29, 1.82) is 5.26 Å². The monoisotopic (exact) mass is 343 g/mol. The quantitative estimate of drug-likeness (QED) is 0.502. The molecule has 0 radical (unpaired) electrons. The minimum atomic E-state index is -0.347. The molecule has 0 saturated carbocycles. The summed E-state index contributed by atoms with van der Waals surface area (Å²) in [6.45, 7) is 2.08. The molecule has 0 aliphatic heterocycles. The highest BCUT2D eigenvalue weighted by Crippen LogP contribution is 2.22. The number of nitrogens with one attached hydrogen (secondary N) is 2. The largest absolute Gasteiger partial charge is 0.361 e. The third-order valence-corrected chi connectivity index (χ3v) is 4.37. The van der Waals surface area contributed by atoms with Crippen LogP contribution < -0.4 is 5.32 Å². The van der Waals surface area contributed by atoms with Crippen LogP contribution in [0.2, 0.25) is 0 Å². The van der Waals surface area contributed by atoms with E-state index in [-0.39, 0.29) is 17.5 Å². The zero-order valence-corrected chi connectivity index (χ0v) is 14.7. The number of hydrogen-bond donors (Lipinski definition) is 2. The van der Waals surface area contributed by atoms with Crippen LogP contribution in [-0.2, 0) is 4.79 Å². The molecule has 0 unspecified atom stereocenters.